The molecular formula is C18H20N2O7S. The van der Waals surface area contributed by atoms with Gasteiger partial charge in [0.05, 0.1) is 0 Å². The highest BCUT2D eigenvalue weighted by Crippen LogP contribution is 2.18. The molecule has 0 fully saturated rings. The minimum absolute atomic E-state index is 0.169. The van der Waals surface area contributed by atoms with Gasteiger partial charge in [-0.05, 0) is 36.4 Å². The van der Waals surface area contributed by atoms with Crippen molar-refractivity contribution in [3.8, 4) is 0 Å². The van der Waals surface area contributed by atoms with Crippen LogP contribution in [0.3, 0.4) is 0 Å². The number of anilines is 1. The maximum atomic E-state index is 12.1. The molecule has 1 aromatic heterocycles. The predicted molar refractivity (Wildman–Crippen MR) is 99.2 cm³/mol. The summed E-state index contributed by atoms with van der Waals surface area (Å²) in [4.78, 5) is 35.9. The van der Waals surface area contributed by atoms with E-state index in [1.165, 1.54) is 12.1 Å². The van der Waals surface area contributed by atoms with Crippen molar-refractivity contribution in [3.05, 3.63) is 47.7 Å². The fourth-order valence-corrected chi connectivity index (χ4v) is 2.39. The summed E-state index contributed by atoms with van der Waals surface area (Å²) in [6.07, 6.45) is 0. The molecule has 0 aliphatic heterocycles. The van der Waals surface area contributed by atoms with Crippen molar-refractivity contribution in [2.24, 2.45) is 10.6 Å². The zero-order valence-corrected chi connectivity index (χ0v) is 16.3. The summed E-state index contributed by atoms with van der Waals surface area (Å²) in [6.45, 7) is 4.76. The fraction of sp³-hybridized carbons (Fsp3) is 0.278. The highest BCUT2D eigenvalue weighted by atomic mass is 32.2. The second-order valence-electron chi connectivity index (χ2n) is 6.94. The molecule has 0 saturated heterocycles. The first-order chi connectivity index (χ1) is 12.9. The first-order valence-corrected chi connectivity index (χ1v) is 9.67. The molecule has 3 N–H and O–H groups in total. The van der Waals surface area contributed by atoms with Gasteiger partial charge >= 0.3 is 5.97 Å². The van der Waals surface area contributed by atoms with Gasteiger partial charge in [0.25, 0.3) is 10.0 Å². The molecule has 9 nitrogen and oxygen atoms in total. The lowest BCUT2D eigenvalue weighted by atomic mass is 9.95. The van der Waals surface area contributed by atoms with E-state index in [-0.39, 0.29) is 11.5 Å². The summed E-state index contributed by atoms with van der Waals surface area (Å²) < 4.78 is 31.9. The second-order valence-corrected chi connectivity index (χ2v) is 8.44. The van der Waals surface area contributed by atoms with E-state index >= 15 is 0 Å². The maximum absolute atomic E-state index is 12.1. The Labute approximate surface area is 161 Å². The monoisotopic (exact) mass is 408 g/mol. The molecule has 28 heavy (non-hydrogen) atoms. The number of carbonyl (C=O) groups is 3. The standard InChI is InChI=1S/C18H20N2O7S/c1-18(2,3)17(23)20-12-6-4-11(5-7-12)13(21)10-26-16(22)14-8-9-15(27-14)28(19,24)25/h4-9H,10H2,1-3H3,(H,20,23)(H2,19,24,25). The van der Waals surface area contributed by atoms with Crippen LogP contribution in [0.4, 0.5) is 5.69 Å². The van der Waals surface area contributed by atoms with Gasteiger partial charge in [0, 0.05) is 16.7 Å². The van der Waals surface area contributed by atoms with Crippen LogP contribution in [0.25, 0.3) is 0 Å². The van der Waals surface area contributed by atoms with Crippen LogP contribution in [-0.4, -0.2) is 32.7 Å². The van der Waals surface area contributed by atoms with E-state index < -0.39 is 44.7 Å². The van der Waals surface area contributed by atoms with Gasteiger partial charge in [0.15, 0.2) is 12.4 Å². The summed E-state index contributed by atoms with van der Waals surface area (Å²) in [7, 11) is -4.08. The minimum Gasteiger partial charge on any atom is -0.451 e. The lowest BCUT2D eigenvalue weighted by Crippen LogP contribution is -2.27. The third-order valence-electron chi connectivity index (χ3n) is 3.54. The number of rotatable bonds is 6. The molecule has 0 radical (unpaired) electrons. The molecule has 0 saturated carbocycles. The van der Waals surface area contributed by atoms with Crippen LogP contribution in [0.2, 0.25) is 0 Å². The summed E-state index contributed by atoms with van der Waals surface area (Å²) >= 11 is 0. The van der Waals surface area contributed by atoms with Gasteiger partial charge in [0.2, 0.25) is 16.8 Å². The Hall–Kier alpha value is -2.98. The number of hydrogen-bond donors (Lipinski definition) is 2. The first kappa shape index (κ1) is 21.3. The topological polar surface area (TPSA) is 146 Å². The second kappa shape index (κ2) is 7.95. The van der Waals surface area contributed by atoms with Gasteiger partial charge in [-0.1, -0.05) is 20.8 Å². The maximum Gasteiger partial charge on any atom is 0.374 e. The van der Waals surface area contributed by atoms with Crippen molar-refractivity contribution in [3.63, 3.8) is 0 Å². The lowest BCUT2D eigenvalue weighted by molar-refractivity contribution is -0.123. The van der Waals surface area contributed by atoms with E-state index in [2.05, 4.69) is 5.32 Å². The number of ether oxygens (including phenoxy) is 1. The Balaban J connectivity index is 1.95. The minimum atomic E-state index is -4.08. The molecule has 150 valence electrons. The number of hydrogen-bond acceptors (Lipinski definition) is 7. The molecule has 0 spiro atoms. The molecule has 0 unspecified atom stereocenters. The Morgan fingerprint density at radius 1 is 1.07 bits per heavy atom. The number of Topliss-reactive ketones (excluding diaryl/α,β-unsaturated/α-hetero) is 1. The predicted octanol–water partition coefficient (Wildman–Crippen LogP) is 1.95. The Kier molecular flexibility index (Phi) is 6.05. The molecule has 0 atom stereocenters. The molecule has 10 heteroatoms. The van der Waals surface area contributed by atoms with Gasteiger partial charge in [-0.15, -0.1) is 0 Å². The van der Waals surface area contributed by atoms with Gasteiger partial charge in [0.1, 0.15) is 0 Å². The Morgan fingerprint density at radius 3 is 2.18 bits per heavy atom. The van der Waals surface area contributed by atoms with Gasteiger partial charge in [-0.3, -0.25) is 9.59 Å². The number of furan rings is 1. The Bertz CT molecular complexity index is 999. The van der Waals surface area contributed by atoms with E-state index in [1.54, 1.807) is 32.9 Å². The highest BCUT2D eigenvalue weighted by molar-refractivity contribution is 7.89. The average molecular weight is 408 g/mol. The number of benzene rings is 1. The molecule has 1 heterocycles. The SMILES string of the molecule is CC(C)(C)C(=O)Nc1ccc(C(=O)COC(=O)c2ccc(S(N)(=O)=O)o2)cc1. The number of amides is 1. The van der Waals surface area contributed by atoms with Crippen LogP contribution >= 0.6 is 0 Å². The molecule has 2 aromatic rings. The van der Waals surface area contributed by atoms with Crippen molar-refractivity contribution in [2.45, 2.75) is 25.9 Å². The third kappa shape index (κ3) is 5.51. The van der Waals surface area contributed by atoms with E-state index in [1.807, 2.05) is 0 Å². The zero-order chi connectivity index (χ0) is 21.1. The molecule has 0 aliphatic carbocycles. The fourth-order valence-electron chi connectivity index (χ4n) is 1.93. The van der Waals surface area contributed by atoms with E-state index in [0.29, 0.717) is 5.69 Å². The van der Waals surface area contributed by atoms with Gasteiger partial charge in [-0.2, -0.15) is 0 Å². The summed E-state index contributed by atoms with van der Waals surface area (Å²) in [5.41, 5.74) is 0.239. The summed E-state index contributed by atoms with van der Waals surface area (Å²) in [5, 5.41) is 7.02. The van der Waals surface area contributed by atoms with E-state index in [9.17, 15) is 22.8 Å². The molecule has 1 amide bonds. The number of sulfonamides is 1. The normalized spacial score (nSPS) is 11.7. The van der Waals surface area contributed by atoms with Crippen molar-refractivity contribution in [1.82, 2.24) is 0 Å². The summed E-state index contributed by atoms with van der Waals surface area (Å²) in [5.74, 6) is -2.05. The smallest absolute Gasteiger partial charge is 0.374 e. The van der Waals surface area contributed by atoms with Crippen molar-refractivity contribution < 1.29 is 32.0 Å². The van der Waals surface area contributed by atoms with E-state index in [0.717, 1.165) is 12.1 Å². The number of primary sulfonamides is 1. The zero-order valence-electron chi connectivity index (χ0n) is 15.5. The van der Waals surface area contributed by atoms with Crippen molar-refractivity contribution >= 4 is 33.4 Å². The first-order valence-electron chi connectivity index (χ1n) is 8.12. The largest absolute Gasteiger partial charge is 0.451 e. The van der Waals surface area contributed by atoms with Crippen molar-refractivity contribution in [2.75, 3.05) is 11.9 Å². The number of nitrogens with one attached hydrogen (secondary N) is 1. The number of carbonyl (C=O) groups excluding carboxylic acids is 3. The van der Waals surface area contributed by atoms with Crippen LogP contribution in [-0.2, 0) is 19.6 Å². The van der Waals surface area contributed by atoms with Crippen LogP contribution in [0.5, 0.6) is 0 Å². The Morgan fingerprint density at radius 2 is 1.68 bits per heavy atom. The lowest BCUT2D eigenvalue weighted by Gasteiger charge is -2.17. The molecule has 2 rings (SSSR count). The molecular weight excluding hydrogens is 388 g/mol. The number of ketones is 1. The average Bonchev–Trinajstić information content (AvgIpc) is 3.09. The highest BCUT2D eigenvalue weighted by Gasteiger charge is 2.22. The quantitative estimate of drug-likeness (QED) is 0.548. The molecule has 0 bridgehead atoms. The molecule has 1 aromatic carbocycles. The van der Waals surface area contributed by atoms with Crippen LogP contribution in [0, 0.1) is 5.41 Å². The van der Waals surface area contributed by atoms with Gasteiger partial charge in [-0.25, -0.2) is 18.4 Å². The van der Waals surface area contributed by atoms with Gasteiger partial charge < -0.3 is 14.5 Å². The van der Waals surface area contributed by atoms with Crippen LogP contribution in [0.15, 0.2) is 45.9 Å². The number of esters is 1. The van der Waals surface area contributed by atoms with Crippen LogP contribution in [0.1, 0.15) is 41.7 Å². The summed E-state index contributed by atoms with van der Waals surface area (Å²) in [6, 6.07) is 8.19. The third-order valence-corrected chi connectivity index (χ3v) is 4.32. The number of nitrogens with two attached hydrogens (primary N) is 1. The van der Waals surface area contributed by atoms with Crippen molar-refractivity contribution in [1.29, 1.82) is 0 Å². The van der Waals surface area contributed by atoms with Crippen LogP contribution < -0.4 is 10.5 Å². The molecule has 0 aliphatic rings. The van der Waals surface area contributed by atoms with E-state index in [4.69, 9.17) is 14.3 Å².